The molecular formula is C26H38O8. The second-order valence-corrected chi connectivity index (χ2v) is 10.3. The molecule has 8 heteroatoms. The van der Waals surface area contributed by atoms with Crippen molar-refractivity contribution in [2.45, 2.75) is 66.2 Å². The van der Waals surface area contributed by atoms with Crippen molar-refractivity contribution in [3.05, 3.63) is 56.6 Å². The van der Waals surface area contributed by atoms with Crippen LogP contribution in [0, 0.1) is 10.8 Å². The van der Waals surface area contributed by atoms with E-state index in [1.165, 1.54) is 12.1 Å². The Balaban J connectivity index is 1.52. The first-order valence-corrected chi connectivity index (χ1v) is 11.7. The van der Waals surface area contributed by atoms with Crippen LogP contribution in [0.2, 0.25) is 0 Å². The van der Waals surface area contributed by atoms with Gasteiger partial charge in [0, 0.05) is 51.4 Å². The van der Waals surface area contributed by atoms with E-state index in [1.807, 2.05) is 0 Å². The van der Waals surface area contributed by atoms with Crippen LogP contribution in [-0.4, -0.2) is 36.6 Å². The normalized spacial score (nSPS) is 12.2. The van der Waals surface area contributed by atoms with Crippen LogP contribution in [0.1, 0.15) is 64.9 Å². The zero-order valence-corrected chi connectivity index (χ0v) is 20.7. The first kappa shape index (κ1) is 27.7. The van der Waals surface area contributed by atoms with Crippen LogP contribution in [0.5, 0.6) is 11.5 Å². The van der Waals surface area contributed by atoms with Crippen LogP contribution >= 0.6 is 0 Å². The molecule has 2 aromatic rings. The third-order valence-electron chi connectivity index (χ3n) is 5.68. The zero-order chi connectivity index (χ0) is 25.2. The van der Waals surface area contributed by atoms with E-state index in [4.69, 9.17) is 18.3 Å². The van der Waals surface area contributed by atoms with Crippen LogP contribution in [-0.2, 0) is 22.3 Å². The molecule has 0 saturated heterocycles. The van der Waals surface area contributed by atoms with E-state index in [0.717, 1.165) is 38.2 Å². The Hall–Kier alpha value is -2.58. The summed E-state index contributed by atoms with van der Waals surface area (Å²) >= 11 is 0. The number of ether oxygens (including phenoxy) is 2. The van der Waals surface area contributed by atoms with Gasteiger partial charge in [-0.05, 0) is 36.5 Å². The van der Waals surface area contributed by atoms with Crippen molar-refractivity contribution in [3.63, 3.8) is 0 Å². The van der Waals surface area contributed by atoms with Crippen LogP contribution < -0.4 is 10.9 Å². The quantitative estimate of drug-likeness (QED) is 0.361. The van der Waals surface area contributed by atoms with Crippen LogP contribution in [0.25, 0.3) is 0 Å². The van der Waals surface area contributed by atoms with Crippen molar-refractivity contribution in [1.29, 1.82) is 0 Å². The molecule has 0 saturated carbocycles. The SMILES string of the molecule is CC(C)(CCCOCCCOCCC(C)(C)Cc1cc(=O)c(O)co1)Cc1cc(=O)c(O)co1. The van der Waals surface area contributed by atoms with E-state index in [-0.39, 0.29) is 22.3 Å². The topological polar surface area (TPSA) is 119 Å². The molecule has 0 amide bonds. The van der Waals surface area contributed by atoms with Crippen LogP contribution in [0.3, 0.4) is 0 Å². The predicted molar refractivity (Wildman–Crippen MR) is 128 cm³/mol. The van der Waals surface area contributed by atoms with E-state index in [2.05, 4.69) is 27.7 Å². The Labute approximate surface area is 200 Å². The minimum absolute atomic E-state index is 0.0468. The summed E-state index contributed by atoms with van der Waals surface area (Å²) in [6.07, 6.45) is 6.83. The van der Waals surface area contributed by atoms with Gasteiger partial charge in [-0.25, -0.2) is 0 Å². The Morgan fingerprint density at radius 2 is 1.15 bits per heavy atom. The Kier molecular flexibility index (Phi) is 10.4. The van der Waals surface area contributed by atoms with Crippen molar-refractivity contribution >= 4 is 0 Å². The molecule has 8 nitrogen and oxygen atoms in total. The van der Waals surface area contributed by atoms with Crippen molar-refractivity contribution in [2.75, 3.05) is 26.4 Å². The summed E-state index contributed by atoms with van der Waals surface area (Å²) in [4.78, 5) is 23.1. The van der Waals surface area contributed by atoms with Gasteiger partial charge < -0.3 is 28.5 Å². The van der Waals surface area contributed by atoms with Crippen molar-refractivity contribution < 1.29 is 28.5 Å². The molecule has 0 aliphatic carbocycles. The third kappa shape index (κ3) is 10.1. The minimum Gasteiger partial charge on any atom is -0.502 e. The summed E-state index contributed by atoms with van der Waals surface area (Å²) in [6.45, 7) is 10.9. The first-order valence-electron chi connectivity index (χ1n) is 11.7. The Morgan fingerprint density at radius 3 is 1.65 bits per heavy atom. The highest BCUT2D eigenvalue weighted by molar-refractivity contribution is 5.16. The summed E-state index contributed by atoms with van der Waals surface area (Å²) in [6, 6.07) is 2.68. The highest BCUT2D eigenvalue weighted by Crippen LogP contribution is 2.28. The lowest BCUT2D eigenvalue weighted by Gasteiger charge is -2.24. The molecule has 0 bridgehead atoms. The van der Waals surface area contributed by atoms with Crippen molar-refractivity contribution in [3.8, 4) is 11.5 Å². The highest BCUT2D eigenvalue weighted by Gasteiger charge is 2.21. The monoisotopic (exact) mass is 478 g/mol. The molecule has 2 aromatic heterocycles. The second kappa shape index (κ2) is 12.8. The fourth-order valence-electron chi connectivity index (χ4n) is 3.66. The van der Waals surface area contributed by atoms with Gasteiger partial charge in [-0.1, -0.05) is 27.7 Å². The fraction of sp³-hybridized carbons (Fsp3) is 0.615. The van der Waals surface area contributed by atoms with Gasteiger partial charge in [0.15, 0.2) is 11.5 Å². The van der Waals surface area contributed by atoms with Crippen LogP contribution in [0.4, 0.5) is 0 Å². The van der Waals surface area contributed by atoms with E-state index >= 15 is 0 Å². The molecule has 0 fully saturated rings. The summed E-state index contributed by atoms with van der Waals surface area (Å²) in [7, 11) is 0. The van der Waals surface area contributed by atoms with Gasteiger partial charge in [-0.3, -0.25) is 9.59 Å². The molecule has 0 aromatic carbocycles. The predicted octanol–water partition coefficient (Wildman–Crippen LogP) is 4.44. The van der Waals surface area contributed by atoms with E-state index < -0.39 is 10.9 Å². The molecule has 2 rings (SSSR count). The molecule has 0 aliphatic heterocycles. The number of hydrogen-bond acceptors (Lipinski definition) is 8. The van der Waals surface area contributed by atoms with Gasteiger partial charge in [0.25, 0.3) is 0 Å². The fourth-order valence-corrected chi connectivity index (χ4v) is 3.66. The number of rotatable bonds is 15. The Morgan fingerprint density at radius 1 is 0.706 bits per heavy atom. The average molecular weight is 479 g/mol. The maximum absolute atomic E-state index is 11.5. The van der Waals surface area contributed by atoms with E-state index in [9.17, 15) is 19.8 Å². The lowest BCUT2D eigenvalue weighted by molar-refractivity contribution is 0.0657. The van der Waals surface area contributed by atoms with Crippen molar-refractivity contribution in [2.24, 2.45) is 10.8 Å². The van der Waals surface area contributed by atoms with Gasteiger partial charge in [0.2, 0.25) is 10.9 Å². The molecule has 2 heterocycles. The van der Waals surface area contributed by atoms with Gasteiger partial charge in [0.1, 0.15) is 24.0 Å². The lowest BCUT2D eigenvalue weighted by atomic mass is 9.83. The molecule has 0 atom stereocenters. The third-order valence-corrected chi connectivity index (χ3v) is 5.68. The van der Waals surface area contributed by atoms with Gasteiger partial charge in [-0.15, -0.1) is 0 Å². The lowest BCUT2D eigenvalue weighted by Crippen LogP contribution is -2.19. The van der Waals surface area contributed by atoms with Gasteiger partial charge in [0.05, 0.1) is 0 Å². The maximum Gasteiger partial charge on any atom is 0.226 e. The first-order chi connectivity index (χ1) is 16.0. The molecule has 0 spiro atoms. The molecule has 190 valence electrons. The molecule has 0 aliphatic rings. The smallest absolute Gasteiger partial charge is 0.226 e. The average Bonchev–Trinajstić information content (AvgIpc) is 2.74. The van der Waals surface area contributed by atoms with E-state index in [0.29, 0.717) is 50.8 Å². The molecular weight excluding hydrogens is 440 g/mol. The summed E-state index contributed by atoms with van der Waals surface area (Å²) in [5.74, 6) is 0.380. The van der Waals surface area contributed by atoms with Gasteiger partial charge in [-0.2, -0.15) is 0 Å². The summed E-state index contributed by atoms with van der Waals surface area (Å²) in [5, 5.41) is 18.6. The van der Waals surface area contributed by atoms with Gasteiger partial charge >= 0.3 is 0 Å². The summed E-state index contributed by atoms with van der Waals surface area (Å²) in [5.41, 5.74) is -0.993. The maximum atomic E-state index is 11.5. The standard InChI is InChI=1S/C26H38O8/c1-25(2,15-19-13-21(27)23(29)17-33-19)7-5-9-31-10-6-11-32-12-8-26(3,4)16-20-14-22(28)24(30)18-34-20/h13-14,17-18,29-30H,5-12,15-16H2,1-4H3. The zero-order valence-electron chi connectivity index (χ0n) is 20.7. The molecule has 0 radical (unpaired) electrons. The minimum atomic E-state index is -0.428. The highest BCUT2D eigenvalue weighted by atomic mass is 16.5. The number of aromatic hydroxyl groups is 2. The van der Waals surface area contributed by atoms with Crippen LogP contribution in [0.15, 0.2) is 43.1 Å². The van der Waals surface area contributed by atoms with Crippen molar-refractivity contribution in [1.82, 2.24) is 0 Å². The molecule has 0 unspecified atom stereocenters. The number of hydrogen-bond donors (Lipinski definition) is 2. The summed E-state index contributed by atoms with van der Waals surface area (Å²) < 4.78 is 22.0. The second-order valence-electron chi connectivity index (χ2n) is 10.3. The Bertz CT molecular complexity index is 921. The van der Waals surface area contributed by atoms with E-state index in [1.54, 1.807) is 0 Å². The molecule has 2 N–H and O–H groups in total. The molecule has 34 heavy (non-hydrogen) atoms. The largest absolute Gasteiger partial charge is 0.502 e.